The van der Waals surface area contributed by atoms with Crippen LogP contribution in [0.25, 0.3) is 0 Å². The maximum atomic E-state index is 12.4. The third-order valence-corrected chi connectivity index (χ3v) is 3.65. The Morgan fingerprint density at radius 3 is 2.25 bits per heavy atom. The van der Waals surface area contributed by atoms with Gasteiger partial charge in [-0.1, -0.05) is 0 Å². The van der Waals surface area contributed by atoms with E-state index in [9.17, 15) is 22.8 Å². The second kappa shape index (κ2) is 8.34. The molecular formula is C15H19ClF3N3O2. The summed E-state index contributed by atoms with van der Waals surface area (Å²) in [6.45, 7) is 0.0941. The summed E-state index contributed by atoms with van der Waals surface area (Å²) < 4.78 is 37.3. The summed E-state index contributed by atoms with van der Waals surface area (Å²) >= 11 is 0. The van der Waals surface area contributed by atoms with Gasteiger partial charge in [-0.3, -0.25) is 9.59 Å². The van der Waals surface area contributed by atoms with Gasteiger partial charge in [0.2, 0.25) is 5.91 Å². The van der Waals surface area contributed by atoms with Gasteiger partial charge in [-0.15, -0.1) is 12.4 Å². The first-order valence-electron chi connectivity index (χ1n) is 7.25. The zero-order valence-electron chi connectivity index (χ0n) is 12.7. The van der Waals surface area contributed by atoms with Crippen LogP contribution in [0.4, 0.5) is 13.2 Å². The first kappa shape index (κ1) is 20.2. The van der Waals surface area contributed by atoms with E-state index in [1.54, 1.807) is 0 Å². The topological polar surface area (TPSA) is 84.2 Å². The number of amides is 2. The van der Waals surface area contributed by atoms with Gasteiger partial charge in [0.1, 0.15) is 0 Å². The van der Waals surface area contributed by atoms with E-state index in [1.165, 1.54) is 0 Å². The maximum Gasteiger partial charge on any atom is 0.416 e. The summed E-state index contributed by atoms with van der Waals surface area (Å²) in [6.07, 6.45) is -2.31. The fraction of sp³-hybridized carbons (Fsp3) is 0.467. The molecule has 9 heteroatoms. The molecule has 1 aromatic carbocycles. The van der Waals surface area contributed by atoms with Crippen LogP contribution in [0.5, 0.6) is 0 Å². The Balaban J connectivity index is 0.00000288. The van der Waals surface area contributed by atoms with Gasteiger partial charge in [0.05, 0.1) is 12.1 Å². The Bertz CT molecular complexity index is 574. The van der Waals surface area contributed by atoms with Gasteiger partial charge in [-0.05, 0) is 43.0 Å². The van der Waals surface area contributed by atoms with Crippen LogP contribution in [0, 0.1) is 5.92 Å². The van der Waals surface area contributed by atoms with Gasteiger partial charge in [0.15, 0.2) is 0 Å². The predicted molar refractivity (Wildman–Crippen MR) is 84.7 cm³/mol. The Morgan fingerprint density at radius 1 is 1.17 bits per heavy atom. The molecule has 0 aromatic heterocycles. The van der Waals surface area contributed by atoms with Crippen molar-refractivity contribution in [3.8, 4) is 0 Å². The van der Waals surface area contributed by atoms with E-state index in [1.807, 2.05) is 0 Å². The van der Waals surface area contributed by atoms with Gasteiger partial charge >= 0.3 is 6.18 Å². The molecule has 1 atom stereocenters. The summed E-state index contributed by atoms with van der Waals surface area (Å²) in [5, 5.41) is 4.96. The fourth-order valence-corrected chi connectivity index (χ4v) is 2.06. The van der Waals surface area contributed by atoms with Crippen LogP contribution in [0.2, 0.25) is 0 Å². The minimum atomic E-state index is -4.45. The average molecular weight is 366 g/mol. The van der Waals surface area contributed by atoms with Crippen LogP contribution in [0.3, 0.4) is 0 Å². The summed E-state index contributed by atoms with van der Waals surface area (Å²) in [4.78, 5) is 23.4. The van der Waals surface area contributed by atoms with Gasteiger partial charge < -0.3 is 16.4 Å². The number of carbonyl (C=O) groups excluding carboxylic acids is 2. The van der Waals surface area contributed by atoms with Crippen LogP contribution in [0.1, 0.15) is 28.8 Å². The van der Waals surface area contributed by atoms with Crippen molar-refractivity contribution in [3.63, 3.8) is 0 Å². The van der Waals surface area contributed by atoms with Crippen LogP contribution < -0.4 is 16.4 Å². The van der Waals surface area contributed by atoms with Crippen molar-refractivity contribution in [2.75, 3.05) is 13.1 Å². The lowest BCUT2D eigenvalue weighted by Crippen LogP contribution is -2.43. The number of rotatable bonds is 6. The largest absolute Gasteiger partial charge is 0.416 e. The van der Waals surface area contributed by atoms with Crippen LogP contribution in [0.15, 0.2) is 24.3 Å². The molecule has 4 N–H and O–H groups in total. The molecule has 0 bridgehead atoms. The first-order chi connectivity index (χ1) is 10.8. The Hall–Kier alpha value is -1.80. The lowest BCUT2D eigenvalue weighted by molar-refractivity contribution is -0.137. The Morgan fingerprint density at radius 2 is 1.75 bits per heavy atom. The standard InChI is InChI=1S/C15H18F3N3O2.ClH/c16-15(17,18)11-5-3-10(4-6-11)14(23)21-8-13(22)20-7-12(19)9-1-2-9;/h3-6,9,12H,1-2,7-8,19H2,(H,20,22)(H,21,23);1H. The van der Waals surface area contributed by atoms with Crippen molar-refractivity contribution in [2.45, 2.75) is 25.1 Å². The van der Waals surface area contributed by atoms with Gasteiger partial charge in [-0.2, -0.15) is 13.2 Å². The highest BCUT2D eigenvalue weighted by molar-refractivity contribution is 5.96. The smallest absolute Gasteiger partial charge is 0.353 e. The fourth-order valence-electron chi connectivity index (χ4n) is 2.06. The number of nitrogens with two attached hydrogens (primary N) is 1. The van der Waals surface area contributed by atoms with Crippen molar-refractivity contribution < 1.29 is 22.8 Å². The number of hydrogen-bond donors (Lipinski definition) is 3. The zero-order valence-corrected chi connectivity index (χ0v) is 13.5. The number of benzene rings is 1. The van der Waals surface area contributed by atoms with Crippen molar-refractivity contribution in [2.24, 2.45) is 11.7 Å². The molecule has 1 saturated carbocycles. The van der Waals surface area contributed by atoms with E-state index in [4.69, 9.17) is 5.73 Å². The number of nitrogens with one attached hydrogen (secondary N) is 2. The van der Waals surface area contributed by atoms with Gasteiger partial charge in [0.25, 0.3) is 5.91 Å². The molecule has 1 aliphatic rings. The van der Waals surface area contributed by atoms with E-state index in [0.29, 0.717) is 12.5 Å². The van der Waals surface area contributed by atoms with Gasteiger partial charge in [-0.25, -0.2) is 0 Å². The van der Waals surface area contributed by atoms with Crippen molar-refractivity contribution in [3.05, 3.63) is 35.4 Å². The lowest BCUT2D eigenvalue weighted by Gasteiger charge is -2.12. The maximum absolute atomic E-state index is 12.4. The molecule has 5 nitrogen and oxygen atoms in total. The molecule has 134 valence electrons. The van der Waals surface area contributed by atoms with Crippen molar-refractivity contribution in [1.29, 1.82) is 0 Å². The van der Waals surface area contributed by atoms with E-state index >= 15 is 0 Å². The molecule has 1 unspecified atom stereocenters. The molecule has 1 aliphatic carbocycles. The molecule has 0 aliphatic heterocycles. The van der Waals surface area contributed by atoms with E-state index < -0.39 is 17.6 Å². The number of alkyl halides is 3. The molecule has 2 rings (SSSR count). The molecule has 0 heterocycles. The quantitative estimate of drug-likeness (QED) is 0.717. The molecule has 1 aromatic rings. The highest BCUT2D eigenvalue weighted by Crippen LogP contribution is 2.31. The van der Waals surface area contributed by atoms with Crippen molar-refractivity contribution in [1.82, 2.24) is 10.6 Å². The molecule has 0 saturated heterocycles. The number of carbonyl (C=O) groups is 2. The summed E-state index contributed by atoms with van der Waals surface area (Å²) in [6, 6.07) is 3.70. The first-order valence-corrected chi connectivity index (χ1v) is 7.25. The SMILES string of the molecule is Cl.NC(CNC(=O)CNC(=O)c1ccc(C(F)(F)F)cc1)C1CC1. The molecular weight excluding hydrogens is 347 g/mol. The van der Waals surface area contributed by atoms with Crippen LogP contribution in [-0.2, 0) is 11.0 Å². The Labute approximate surface area is 143 Å². The molecule has 0 radical (unpaired) electrons. The Kier molecular flexibility index (Phi) is 7.04. The summed E-state index contributed by atoms with van der Waals surface area (Å²) in [5.74, 6) is -0.543. The molecule has 2 amide bonds. The predicted octanol–water partition coefficient (Wildman–Crippen LogP) is 1.71. The van der Waals surface area contributed by atoms with E-state index in [0.717, 1.165) is 37.1 Å². The zero-order chi connectivity index (χ0) is 17.0. The van der Waals surface area contributed by atoms with E-state index in [-0.39, 0.29) is 36.5 Å². The second-order valence-electron chi connectivity index (χ2n) is 5.56. The summed E-state index contributed by atoms with van der Waals surface area (Å²) in [7, 11) is 0. The minimum Gasteiger partial charge on any atom is -0.353 e. The third kappa shape index (κ3) is 6.01. The number of halogens is 4. The van der Waals surface area contributed by atoms with E-state index in [2.05, 4.69) is 10.6 Å². The highest BCUT2D eigenvalue weighted by atomic mass is 35.5. The highest BCUT2D eigenvalue weighted by Gasteiger charge is 2.30. The van der Waals surface area contributed by atoms with Crippen LogP contribution in [-0.4, -0.2) is 30.9 Å². The second-order valence-corrected chi connectivity index (χ2v) is 5.56. The van der Waals surface area contributed by atoms with Crippen molar-refractivity contribution >= 4 is 24.2 Å². The third-order valence-electron chi connectivity index (χ3n) is 3.65. The molecule has 1 fully saturated rings. The van der Waals surface area contributed by atoms with Crippen LogP contribution >= 0.6 is 12.4 Å². The average Bonchev–Trinajstić information content (AvgIpc) is 3.34. The summed E-state index contributed by atoms with van der Waals surface area (Å²) in [5.41, 5.74) is 5.05. The molecule has 0 spiro atoms. The minimum absolute atomic E-state index is 0. The van der Waals surface area contributed by atoms with Gasteiger partial charge in [0, 0.05) is 18.2 Å². The number of hydrogen-bond acceptors (Lipinski definition) is 3. The lowest BCUT2D eigenvalue weighted by atomic mass is 10.1. The molecule has 24 heavy (non-hydrogen) atoms. The normalized spacial score (nSPS) is 15.2. The monoisotopic (exact) mass is 365 g/mol.